The number of fused-ring (bicyclic) bond motifs is 8. The number of rotatable bonds is 6. The van der Waals surface area contributed by atoms with Crippen LogP contribution in [0.15, 0.2) is 200 Å². The lowest BCUT2D eigenvalue weighted by Crippen LogP contribution is -2.00. The molecule has 3 aromatic heterocycles. The topological polar surface area (TPSA) is 35.6 Å². The molecule has 61 heavy (non-hydrogen) atoms. The SMILES string of the molecule is CC(C)c1ccccc1-c1ccccc1-c1nc(-c2cccc(-n3c4ccccc4c4c(-n5c6ccccc6c6ccccc65)c5ccccc5cc43)c2)nc2ccccc12. The van der Waals surface area contributed by atoms with Crippen molar-refractivity contribution in [3.05, 3.63) is 206 Å². The fourth-order valence-electron chi connectivity index (χ4n) is 9.80. The van der Waals surface area contributed by atoms with Gasteiger partial charge in [-0.3, -0.25) is 0 Å². The second-order valence-electron chi connectivity index (χ2n) is 16.3. The average molecular weight is 781 g/mol. The molecule has 0 bridgehead atoms. The van der Waals surface area contributed by atoms with E-state index in [4.69, 9.17) is 9.97 Å². The zero-order chi connectivity index (χ0) is 40.6. The van der Waals surface area contributed by atoms with Gasteiger partial charge in [0.25, 0.3) is 0 Å². The third kappa shape index (κ3) is 5.46. The summed E-state index contributed by atoms with van der Waals surface area (Å²) in [6, 6.07) is 72.2. The van der Waals surface area contributed by atoms with Gasteiger partial charge in [-0.2, -0.15) is 0 Å². The first-order chi connectivity index (χ1) is 30.1. The average Bonchev–Trinajstić information content (AvgIpc) is 3.83. The minimum atomic E-state index is 0.376. The first-order valence-corrected chi connectivity index (χ1v) is 21.1. The highest BCUT2D eigenvalue weighted by molar-refractivity contribution is 6.22. The quantitative estimate of drug-likeness (QED) is 0.168. The summed E-state index contributed by atoms with van der Waals surface area (Å²) in [4.78, 5) is 10.7. The minimum absolute atomic E-state index is 0.376. The predicted molar refractivity (Wildman–Crippen MR) is 256 cm³/mol. The van der Waals surface area contributed by atoms with Gasteiger partial charge in [0.05, 0.1) is 39.0 Å². The van der Waals surface area contributed by atoms with Crippen molar-refractivity contribution in [2.75, 3.05) is 0 Å². The summed E-state index contributed by atoms with van der Waals surface area (Å²) in [7, 11) is 0. The van der Waals surface area contributed by atoms with Crippen LogP contribution in [0.1, 0.15) is 25.3 Å². The summed E-state index contributed by atoms with van der Waals surface area (Å²) in [5.41, 5.74) is 14.5. The molecule has 0 fully saturated rings. The second kappa shape index (κ2) is 13.9. The van der Waals surface area contributed by atoms with Crippen LogP contribution in [0.5, 0.6) is 0 Å². The highest BCUT2D eigenvalue weighted by Crippen LogP contribution is 2.44. The molecule has 12 aromatic rings. The Morgan fingerprint density at radius 3 is 1.72 bits per heavy atom. The maximum Gasteiger partial charge on any atom is 0.160 e. The molecule has 0 amide bonds. The monoisotopic (exact) mass is 780 g/mol. The van der Waals surface area contributed by atoms with Gasteiger partial charge in [-0.1, -0.05) is 172 Å². The van der Waals surface area contributed by atoms with Gasteiger partial charge >= 0.3 is 0 Å². The fraction of sp³-hybridized carbons (Fsp3) is 0.0526. The summed E-state index contributed by atoms with van der Waals surface area (Å²) in [5, 5.41) is 8.35. The van der Waals surface area contributed by atoms with Crippen LogP contribution in [0, 0.1) is 0 Å². The molecule has 288 valence electrons. The van der Waals surface area contributed by atoms with E-state index < -0.39 is 0 Å². The molecule has 0 radical (unpaired) electrons. The summed E-state index contributed by atoms with van der Waals surface area (Å²) in [6.45, 7) is 4.52. The molecule has 4 heteroatoms. The first-order valence-electron chi connectivity index (χ1n) is 21.1. The Bertz CT molecular complexity index is 3640. The van der Waals surface area contributed by atoms with Crippen LogP contribution in [-0.2, 0) is 0 Å². The Morgan fingerprint density at radius 2 is 0.984 bits per heavy atom. The van der Waals surface area contributed by atoms with Crippen molar-refractivity contribution < 1.29 is 0 Å². The Morgan fingerprint density at radius 1 is 0.410 bits per heavy atom. The summed E-state index contributed by atoms with van der Waals surface area (Å²) in [5.74, 6) is 1.07. The maximum atomic E-state index is 5.47. The van der Waals surface area contributed by atoms with Crippen molar-refractivity contribution in [2.24, 2.45) is 0 Å². The highest BCUT2D eigenvalue weighted by atomic mass is 15.0. The Hall–Kier alpha value is -7.82. The van der Waals surface area contributed by atoms with Crippen LogP contribution in [0.3, 0.4) is 0 Å². The zero-order valence-corrected chi connectivity index (χ0v) is 33.9. The molecule has 9 aromatic carbocycles. The van der Waals surface area contributed by atoms with Crippen LogP contribution in [-0.4, -0.2) is 19.1 Å². The predicted octanol–water partition coefficient (Wildman–Crippen LogP) is 15.1. The van der Waals surface area contributed by atoms with E-state index >= 15 is 0 Å². The highest BCUT2D eigenvalue weighted by Gasteiger charge is 2.23. The van der Waals surface area contributed by atoms with E-state index in [-0.39, 0.29) is 0 Å². The number of hydrogen-bond donors (Lipinski definition) is 0. The number of nitrogens with zero attached hydrogens (tertiary/aromatic N) is 4. The van der Waals surface area contributed by atoms with Crippen LogP contribution in [0.2, 0.25) is 0 Å². The molecule has 0 N–H and O–H groups in total. The van der Waals surface area contributed by atoms with E-state index in [1.165, 1.54) is 65.7 Å². The third-order valence-corrected chi connectivity index (χ3v) is 12.5. The van der Waals surface area contributed by atoms with Gasteiger partial charge in [0.2, 0.25) is 0 Å². The molecule has 0 unspecified atom stereocenters. The molecule has 0 aliphatic heterocycles. The lowest BCUT2D eigenvalue weighted by atomic mass is 9.89. The Labute approximate surface area is 353 Å². The van der Waals surface area contributed by atoms with Gasteiger partial charge in [-0.25, -0.2) is 9.97 Å². The largest absolute Gasteiger partial charge is 0.309 e. The molecule has 0 spiro atoms. The summed E-state index contributed by atoms with van der Waals surface area (Å²) >= 11 is 0. The number of benzene rings is 9. The van der Waals surface area contributed by atoms with Crippen molar-refractivity contribution in [1.29, 1.82) is 0 Å². The van der Waals surface area contributed by atoms with Gasteiger partial charge in [-0.15, -0.1) is 0 Å². The van der Waals surface area contributed by atoms with Crippen LogP contribution >= 0.6 is 0 Å². The van der Waals surface area contributed by atoms with Gasteiger partial charge in [0.1, 0.15) is 0 Å². The lowest BCUT2D eigenvalue weighted by molar-refractivity contribution is 0.869. The first kappa shape index (κ1) is 35.2. The zero-order valence-electron chi connectivity index (χ0n) is 33.9. The molecule has 3 heterocycles. The van der Waals surface area contributed by atoms with Gasteiger partial charge in [0.15, 0.2) is 5.82 Å². The van der Waals surface area contributed by atoms with Crippen LogP contribution in [0.25, 0.3) is 110 Å². The second-order valence-corrected chi connectivity index (χ2v) is 16.3. The van der Waals surface area contributed by atoms with E-state index in [1.807, 2.05) is 0 Å². The van der Waals surface area contributed by atoms with Crippen molar-refractivity contribution in [1.82, 2.24) is 19.1 Å². The number of para-hydroxylation sites is 4. The lowest BCUT2D eigenvalue weighted by Gasteiger charge is -2.17. The van der Waals surface area contributed by atoms with Gasteiger partial charge in [0, 0.05) is 49.1 Å². The van der Waals surface area contributed by atoms with E-state index in [0.29, 0.717) is 11.7 Å². The van der Waals surface area contributed by atoms with Crippen molar-refractivity contribution in [3.63, 3.8) is 0 Å². The Kier molecular flexibility index (Phi) is 8.01. The van der Waals surface area contributed by atoms with Crippen molar-refractivity contribution in [2.45, 2.75) is 19.8 Å². The smallest absolute Gasteiger partial charge is 0.160 e. The normalized spacial score (nSPS) is 11.9. The Balaban J connectivity index is 1.11. The molecule has 0 atom stereocenters. The summed E-state index contributed by atoms with van der Waals surface area (Å²) < 4.78 is 4.92. The number of hydrogen-bond acceptors (Lipinski definition) is 2. The van der Waals surface area contributed by atoms with Gasteiger partial charge < -0.3 is 9.13 Å². The van der Waals surface area contributed by atoms with E-state index in [0.717, 1.165) is 44.4 Å². The molecular formula is C57H40N4. The molecular weight excluding hydrogens is 741 g/mol. The number of aromatic nitrogens is 4. The van der Waals surface area contributed by atoms with Crippen molar-refractivity contribution in [3.8, 4) is 45.1 Å². The van der Waals surface area contributed by atoms with E-state index in [2.05, 4.69) is 223 Å². The van der Waals surface area contributed by atoms with E-state index in [1.54, 1.807) is 0 Å². The van der Waals surface area contributed by atoms with Crippen LogP contribution in [0.4, 0.5) is 0 Å². The van der Waals surface area contributed by atoms with Crippen LogP contribution < -0.4 is 0 Å². The molecule has 4 nitrogen and oxygen atoms in total. The third-order valence-electron chi connectivity index (χ3n) is 12.5. The molecule has 0 aliphatic rings. The molecule has 12 rings (SSSR count). The fourth-order valence-corrected chi connectivity index (χ4v) is 9.80. The molecule has 0 saturated heterocycles. The summed E-state index contributed by atoms with van der Waals surface area (Å²) in [6.07, 6.45) is 0. The minimum Gasteiger partial charge on any atom is -0.309 e. The standard InChI is InChI=1S/C57H40N4/c1-36(2)40-21-5-6-23-42(40)43-24-7-8-27-46(43)55-47-28-9-13-30-49(47)58-57(59-55)38-19-17-20-39(34-38)60-52-33-16-12-29-48(52)54-53(60)35-37-18-3-4-22-41(37)56(54)61-50-31-14-10-25-44(50)45-26-11-15-32-51(45)61/h3-36H,1-2H3. The molecule has 0 saturated carbocycles. The molecule has 0 aliphatic carbocycles. The van der Waals surface area contributed by atoms with Gasteiger partial charge in [-0.05, 0) is 70.5 Å². The maximum absolute atomic E-state index is 5.47. The van der Waals surface area contributed by atoms with Crippen molar-refractivity contribution >= 4 is 65.3 Å². The van der Waals surface area contributed by atoms with E-state index in [9.17, 15) is 0 Å².